The smallest absolute Gasteiger partial charge is 0.136 e. The predicted octanol–water partition coefficient (Wildman–Crippen LogP) is 10.8. The molecule has 6 aromatic carbocycles. The molecule has 3 heteroatoms. The maximum atomic E-state index is 9.99. The minimum Gasteiger partial charge on any atom is -0.456 e. The van der Waals surface area contributed by atoms with Gasteiger partial charge in [-0.3, -0.25) is 0 Å². The van der Waals surface area contributed by atoms with Crippen LogP contribution in [0.5, 0.6) is 0 Å². The van der Waals surface area contributed by atoms with E-state index in [0.29, 0.717) is 5.56 Å². The summed E-state index contributed by atoms with van der Waals surface area (Å²) in [5.74, 6) is 0. The van der Waals surface area contributed by atoms with E-state index in [4.69, 9.17) is 4.42 Å². The van der Waals surface area contributed by atoms with E-state index in [0.717, 1.165) is 55.3 Å². The van der Waals surface area contributed by atoms with Crippen LogP contribution < -0.4 is 0 Å². The molecule has 2 heterocycles. The van der Waals surface area contributed by atoms with Crippen molar-refractivity contribution in [3.63, 3.8) is 0 Å². The fourth-order valence-electron chi connectivity index (χ4n) is 5.92. The molecule has 8 rings (SSSR count). The first kappa shape index (κ1) is 22.8. The molecule has 0 amide bonds. The summed E-state index contributed by atoms with van der Waals surface area (Å²) >= 11 is 1.82. The Bertz CT molecular complexity index is 2300. The molecule has 8 aromatic rings. The van der Waals surface area contributed by atoms with E-state index >= 15 is 0 Å². The fraction of sp³-hybridized carbons (Fsp3) is 0. The highest BCUT2D eigenvalue weighted by Gasteiger charge is 2.18. The first-order valence-corrected chi connectivity index (χ1v) is 14.1. The summed E-state index contributed by atoms with van der Waals surface area (Å²) in [5, 5.41) is 14.7. The van der Waals surface area contributed by atoms with Gasteiger partial charge in [0.05, 0.1) is 11.6 Å². The van der Waals surface area contributed by atoms with E-state index in [1.54, 1.807) is 0 Å². The van der Waals surface area contributed by atoms with Crippen molar-refractivity contribution in [1.82, 2.24) is 0 Å². The largest absolute Gasteiger partial charge is 0.456 e. The number of furan rings is 1. The van der Waals surface area contributed by atoms with Crippen LogP contribution in [0.3, 0.4) is 0 Å². The number of hydrogen-bond donors (Lipinski definition) is 0. The number of nitriles is 1. The van der Waals surface area contributed by atoms with Crippen LogP contribution in [-0.2, 0) is 0 Å². The van der Waals surface area contributed by atoms with Gasteiger partial charge >= 0.3 is 0 Å². The van der Waals surface area contributed by atoms with Crippen LogP contribution in [0, 0.1) is 11.3 Å². The Balaban J connectivity index is 1.43. The second-order valence-corrected chi connectivity index (χ2v) is 11.1. The lowest BCUT2D eigenvalue weighted by atomic mass is 9.86. The molecule has 0 aliphatic rings. The van der Waals surface area contributed by atoms with Crippen LogP contribution in [0.25, 0.3) is 75.5 Å². The monoisotopic (exact) mass is 527 g/mol. The highest BCUT2D eigenvalue weighted by Crippen LogP contribution is 2.44. The van der Waals surface area contributed by atoms with Crippen LogP contribution in [-0.4, -0.2) is 0 Å². The SMILES string of the molecule is N#Cc1ccccc1-c1cccc(-c2ccc3c(c2)oc2ccccc23)c1-c1ccc2sc3ccccc3c2c1. The Morgan fingerprint density at radius 2 is 1.20 bits per heavy atom. The van der Waals surface area contributed by atoms with Crippen LogP contribution >= 0.6 is 11.3 Å². The molecule has 0 unspecified atom stereocenters. The number of rotatable bonds is 3. The van der Waals surface area contributed by atoms with Gasteiger partial charge < -0.3 is 4.42 Å². The zero-order valence-corrected chi connectivity index (χ0v) is 22.2. The van der Waals surface area contributed by atoms with Crippen LogP contribution in [0.1, 0.15) is 5.56 Å². The summed E-state index contributed by atoms with van der Waals surface area (Å²) in [6, 6.07) is 46.7. The number of thiophene rings is 1. The summed E-state index contributed by atoms with van der Waals surface area (Å²) in [5.41, 5.74) is 8.81. The number of para-hydroxylation sites is 1. The molecule has 0 atom stereocenters. The molecule has 40 heavy (non-hydrogen) atoms. The van der Waals surface area contributed by atoms with E-state index in [1.807, 2.05) is 53.8 Å². The van der Waals surface area contributed by atoms with Gasteiger partial charge in [-0.1, -0.05) is 84.9 Å². The number of hydrogen-bond acceptors (Lipinski definition) is 3. The standard InChI is InChI=1S/C37H21NOS/c38-22-25-8-1-2-9-26(25)31-13-7-12-27(23-16-18-29-28-10-3-5-14-33(28)39-34(29)21-23)37(31)24-17-19-36-32(20-24)30-11-4-6-15-35(30)40-36/h1-21H. The van der Waals surface area contributed by atoms with Crippen molar-refractivity contribution in [3.8, 4) is 39.4 Å². The van der Waals surface area contributed by atoms with Gasteiger partial charge in [0.25, 0.3) is 0 Å². The number of fused-ring (bicyclic) bond motifs is 6. The van der Waals surface area contributed by atoms with Crippen molar-refractivity contribution in [2.24, 2.45) is 0 Å². The average molecular weight is 528 g/mol. The summed E-state index contributed by atoms with van der Waals surface area (Å²) in [6.45, 7) is 0. The molecule has 0 saturated heterocycles. The summed E-state index contributed by atoms with van der Waals surface area (Å²) in [4.78, 5) is 0. The average Bonchev–Trinajstić information content (AvgIpc) is 3.58. The topological polar surface area (TPSA) is 36.9 Å². The molecule has 2 aromatic heterocycles. The Hall–Kier alpha value is -5.17. The van der Waals surface area contributed by atoms with Gasteiger partial charge in [0, 0.05) is 36.5 Å². The molecule has 0 aliphatic carbocycles. The first-order valence-electron chi connectivity index (χ1n) is 13.2. The maximum Gasteiger partial charge on any atom is 0.136 e. The molecule has 0 spiro atoms. The Morgan fingerprint density at radius 3 is 2.12 bits per heavy atom. The summed E-state index contributed by atoms with van der Waals surface area (Å²) in [6.07, 6.45) is 0. The van der Waals surface area contributed by atoms with E-state index in [2.05, 4.69) is 91.0 Å². The normalized spacial score (nSPS) is 11.5. The molecular formula is C37H21NOS. The van der Waals surface area contributed by atoms with Gasteiger partial charge in [-0.15, -0.1) is 11.3 Å². The highest BCUT2D eigenvalue weighted by atomic mass is 32.1. The highest BCUT2D eigenvalue weighted by molar-refractivity contribution is 7.25. The zero-order chi connectivity index (χ0) is 26.6. The van der Waals surface area contributed by atoms with Crippen LogP contribution in [0.15, 0.2) is 132 Å². The molecular weight excluding hydrogens is 506 g/mol. The van der Waals surface area contributed by atoms with E-state index in [9.17, 15) is 5.26 Å². The summed E-state index contributed by atoms with van der Waals surface area (Å²) < 4.78 is 8.82. The molecule has 0 N–H and O–H groups in total. The van der Waals surface area contributed by atoms with Crippen LogP contribution in [0.2, 0.25) is 0 Å². The Labute approximate surface area is 235 Å². The first-order chi connectivity index (χ1) is 19.8. The molecule has 0 saturated carbocycles. The Morgan fingerprint density at radius 1 is 0.500 bits per heavy atom. The van der Waals surface area contributed by atoms with E-state index in [1.165, 1.54) is 20.2 Å². The van der Waals surface area contributed by atoms with Gasteiger partial charge in [-0.25, -0.2) is 0 Å². The minimum atomic E-state index is 0.663. The second kappa shape index (κ2) is 8.95. The number of nitrogens with zero attached hydrogens (tertiary/aromatic N) is 1. The lowest BCUT2D eigenvalue weighted by Crippen LogP contribution is -1.92. The Kier molecular flexibility index (Phi) is 5.10. The maximum absolute atomic E-state index is 9.99. The summed E-state index contributed by atoms with van der Waals surface area (Å²) in [7, 11) is 0. The second-order valence-electron chi connectivity index (χ2n) is 10.0. The van der Waals surface area contributed by atoms with Gasteiger partial charge in [-0.2, -0.15) is 5.26 Å². The number of benzene rings is 6. The third kappa shape index (κ3) is 3.48. The molecule has 0 bridgehead atoms. The van der Waals surface area contributed by atoms with Crippen molar-refractivity contribution >= 4 is 53.4 Å². The zero-order valence-electron chi connectivity index (χ0n) is 21.4. The van der Waals surface area contributed by atoms with Crippen molar-refractivity contribution in [2.75, 3.05) is 0 Å². The van der Waals surface area contributed by atoms with Crippen molar-refractivity contribution < 1.29 is 4.42 Å². The lowest BCUT2D eigenvalue weighted by Gasteiger charge is -2.17. The van der Waals surface area contributed by atoms with Crippen molar-refractivity contribution in [1.29, 1.82) is 5.26 Å². The molecule has 0 radical (unpaired) electrons. The molecule has 0 aliphatic heterocycles. The lowest BCUT2D eigenvalue weighted by molar-refractivity contribution is 0.669. The minimum absolute atomic E-state index is 0.663. The van der Waals surface area contributed by atoms with Gasteiger partial charge in [0.2, 0.25) is 0 Å². The third-order valence-corrected chi connectivity index (χ3v) is 8.91. The molecule has 0 fully saturated rings. The van der Waals surface area contributed by atoms with E-state index < -0.39 is 0 Å². The molecule has 186 valence electrons. The third-order valence-electron chi connectivity index (χ3n) is 7.76. The van der Waals surface area contributed by atoms with Gasteiger partial charge in [-0.05, 0) is 70.3 Å². The quantitative estimate of drug-likeness (QED) is 0.229. The van der Waals surface area contributed by atoms with E-state index in [-0.39, 0.29) is 0 Å². The fourth-order valence-corrected chi connectivity index (χ4v) is 7.01. The predicted molar refractivity (Wildman–Crippen MR) is 168 cm³/mol. The van der Waals surface area contributed by atoms with Gasteiger partial charge in [0.15, 0.2) is 0 Å². The molecule has 2 nitrogen and oxygen atoms in total. The van der Waals surface area contributed by atoms with Gasteiger partial charge in [0.1, 0.15) is 11.2 Å². The van der Waals surface area contributed by atoms with Crippen molar-refractivity contribution in [3.05, 3.63) is 133 Å². The van der Waals surface area contributed by atoms with Crippen LogP contribution in [0.4, 0.5) is 0 Å². The van der Waals surface area contributed by atoms with Crippen molar-refractivity contribution in [2.45, 2.75) is 0 Å².